The molecule has 3 nitrogen and oxygen atoms in total. The van der Waals surface area contributed by atoms with Crippen molar-refractivity contribution in [3.05, 3.63) is 30.3 Å². The molecule has 1 unspecified atom stereocenters. The van der Waals surface area contributed by atoms with Gasteiger partial charge in [0.1, 0.15) is 12.3 Å². The van der Waals surface area contributed by atoms with Crippen LogP contribution in [0.25, 0.3) is 0 Å². The number of nitrogens with one attached hydrogen (secondary N) is 1. The lowest BCUT2D eigenvalue weighted by Gasteiger charge is -2.21. The zero-order valence-electron chi connectivity index (χ0n) is 7.31. The molecule has 1 saturated heterocycles. The zero-order valence-corrected chi connectivity index (χ0v) is 7.31. The number of aldehydes is 1. The number of benzene rings is 1. The minimum atomic E-state index is -0.0117. The number of anilines is 1. The van der Waals surface area contributed by atoms with Gasteiger partial charge in [-0.05, 0) is 18.6 Å². The third kappa shape index (κ3) is 1.55. The van der Waals surface area contributed by atoms with Crippen LogP contribution in [-0.4, -0.2) is 18.9 Å². The Hall–Kier alpha value is -1.35. The van der Waals surface area contributed by atoms with Gasteiger partial charge < -0.3 is 4.79 Å². The normalized spacial score (nSPS) is 21.8. The van der Waals surface area contributed by atoms with E-state index in [4.69, 9.17) is 0 Å². The van der Waals surface area contributed by atoms with E-state index in [2.05, 4.69) is 5.43 Å². The number of hydrogen-bond donors (Lipinski definition) is 1. The zero-order chi connectivity index (χ0) is 9.10. The minimum absolute atomic E-state index is 0.0117. The molecule has 1 aromatic carbocycles. The summed E-state index contributed by atoms with van der Waals surface area (Å²) in [5.41, 5.74) is 4.23. The van der Waals surface area contributed by atoms with Gasteiger partial charge >= 0.3 is 0 Å². The second-order valence-electron chi connectivity index (χ2n) is 3.11. The molecule has 68 valence electrons. The second-order valence-corrected chi connectivity index (χ2v) is 3.11. The molecule has 2 rings (SSSR count). The number of nitrogens with zero attached hydrogens (tertiary/aromatic N) is 1. The topological polar surface area (TPSA) is 32.3 Å². The first kappa shape index (κ1) is 8.26. The molecule has 0 aliphatic carbocycles. The number of carbonyl (C=O) groups is 1. The van der Waals surface area contributed by atoms with Gasteiger partial charge in [0, 0.05) is 6.54 Å². The lowest BCUT2D eigenvalue weighted by atomic mass is 10.2. The molecule has 1 aliphatic rings. The van der Waals surface area contributed by atoms with Crippen LogP contribution in [0.2, 0.25) is 0 Å². The Morgan fingerprint density at radius 1 is 1.38 bits per heavy atom. The first-order valence-electron chi connectivity index (χ1n) is 4.45. The van der Waals surface area contributed by atoms with Gasteiger partial charge in [-0.3, -0.25) is 5.01 Å². The predicted molar refractivity (Wildman–Crippen MR) is 51.4 cm³/mol. The van der Waals surface area contributed by atoms with Crippen LogP contribution in [0, 0.1) is 0 Å². The summed E-state index contributed by atoms with van der Waals surface area (Å²) in [5, 5.41) is 1.92. The van der Waals surface area contributed by atoms with Crippen molar-refractivity contribution in [2.45, 2.75) is 12.5 Å². The highest BCUT2D eigenvalue weighted by Crippen LogP contribution is 2.17. The summed E-state index contributed by atoms with van der Waals surface area (Å²) in [6, 6.07) is 9.88. The molecule has 0 bridgehead atoms. The van der Waals surface area contributed by atoms with E-state index in [9.17, 15) is 4.79 Å². The van der Waals surface area contributed by atoms with Crippen molar-refractivity contribution in [1.29, 1.82) is 0 Å². The van der Waals surface area contributed by atoms with Crippen LogP contribution in [0.5, 0.6) is 0 Å². The Kier molecular flexibility index (Phi) is 2.27. The van der Waals surface area contributed by atoms with Crippen molar-refractivity contribution in [2.24, 2.45) is 0 Å². The highest BCUT2D eigenvalue weighted by Gasteiger charge is 2.23. The van der Waals surface area contributed by atoms with Crippen molar-refractivity contribution in [1.82, 2.24) is 5.43 Å². The van der Waals surface area contributed by atoms with Crippen molar-refractivity contribution in [3.8, 4) is 0 Å². The highest BCUT2D eigenvalue weighted by atomic mass is 16.1. The van der Waals surface area contributed by atoms with Gasteiger partial charge in [0.25, 0.3) is 0 Å². The van der Waals surface area contributed by atoms with Crippen molar-refractivity contribution < 1.29 is 4.79 Å². The minimum Gasteiger partial charge on any atom is -0.301 e. The summed E-state index contributed by atoms with van der Waals surface area (Å²) in [7, 11) is 0. The maximum absolute atomic E-state index is 10.7. The molecule has 3 heteroatoms. The highest BCUT2D eigenvalue weighted by molar-refractivity contribution is 5.66. The summed E-state index contributed by atoms with van der Waals surface area (Å²) < 4.78 is 0. The van der Waals surface area contributed by atoms with E-state index in [0.717, 1.165) is 24.9 Å². The molecule has 1 N–H and O–H groups in total. The average Bonchev–Trinajstić information content (AvgIpc) is 2.67. The van der Waals surface area contributed by atoms with Crippen LogP contribution in [-0.2, 0) is 4.79 Å². The van der Waals surface area contributed by atoms with E-state index in [1.807, 2.05) is 35.3 Å². The molecule has 0 radical (unpaired) electrons. The molecule has 0 saturated carbocycles. The Bertz CT molecular complexity index is 286. The molecule has 0 amide bonds. The Labute approximate surface area is 77.3 Å². The molecule has 0 aromatic heterocycles. The smallest absolute Gasteiger partial charge is 0.144 e. The number of rotatable bonds is 2. The van der Waals surface area contributed by atoms with Gasteiger partial charge in [-0.25, -0.2) is 5.43 Å². The fourth-order valence-corrected chi connectivity index (χ4v) is 1.58. The van der Waals surface area contributed by atoms with E-state index < -0.39 is 0 Å². The van der Waals surface area contributed by atoms with Gasteiger partial charge in [-0.2, -0.15) is 0 Å². The average molecular weight is 176 g/mol. The number of hydrogen-bond acceptors (Lipinski definition) is 3. The molecule has 0 spiro atoms. The maximum Gasteiger partial charge on any atom is 0.144 e. The summed E-state index contributed by atoms with van der Waals surface area (Å²) in [6.07, 6.45) is 1.88. The standard InChI is InChI=1S/C10H12N2O/c13-8-10-6-7-11-12(10)9-4-2-1-3-5-9/h1-5,8,10-11H,6-7H2. The van der Waals surface area contributed by atoms with Crippen molar-refractivity contribution >= 4 is 12.0 Å². The summed E-state index contributed by atoms with van der Waals surface area (Å²) in [4.78, 5) is 10.7. The molecule has 1 heterocycles. The SMILES string of the molecule is O=CC1CCNN1c1ccccc1. The van der Waals surface area contributed by atoms with Crippen LogP contribution in [0.15, 0.2) is 30.3 Å². The number of para-hydroxylation sites is 1. The third-order valence-electron chi connectivity index (χ3n) is 2.25. The monoisotopic (exact) mass is 176 g/mol. The quantitative estimate of drug-likeness (QED) is 0.681. The lowest BCUT2D eigenvalue weighted by molar-refractivity contribution is -0.108. The van der Waals surface area contributed by atoms with Gasteiger partial charge in [-0.15, -0.1) is 0 Å². The van der Waals surface area contributed by atoms with Crippen molar-refractivity contribution in [3.63, 3.8) is 0 Å². The Balaban J connectivity index is 2.21. The van der Waals surface area contributed by atoms with Gasteiger partial charge in [0.2, 0.25) is 0 Å². The lowest BCUT2D eigenvalue weighted by Crippen LogP contribution is -2.37. The van der Waals surface area contributed by atoms with Crippen LogP contribution in [0.1, 0.15) is 6.42 Å². The van der Waals surface area contributed by atoms with E-state index in [-0.39, 0.29) is 6.04 Å². The first-order valence-corrected chi connectivity index (χ1v) is 4.45. The maximum atomic E-state index is 10.7. The number of carbonyl (C=O) groups excluding carboxylic acids is 1. The van der Waals surface area contributed by atoms with Gasteiger partial charge in [-0.1, -0.05) is 18.2 Å². The molecule has 1 aliphatic heterocycles. The second kappa shape index (κ2) is 3.58. The molecule has 1 aromatic rings. The van der Waals surface area contributed by atoms with Gasteiger partial charge in [0.15, 0.2) is 0 Å². The van der Waals surface area contributed by atoms with Gasteiger partial charge in [0.05, 0.1) is 5.69 Å². The van der Waals surface area contributed by atoms with Crippen LogP contribution in [0.4, 0.5) is 5.69 Å². The van der Waals surface area contributed by atoms with Crippen LogP contribution in [0.3, 0.4) is 0 Å². The summed E-state index contributed by atoms with van der Waals surface area (Å²) >= 11 is 0. The fourth-order valence-electron chi connectivity index (χ4n) is 1.58. The van der Waals surface area contributed by atoms with Crippen LogP contribution >= 0.6 is 0 Å². The third-order valence-corrected chi connectivity index (χ3v) is 2.25. The molecule has 13 heavy (non-hydrogen) atoms. The Morgan fingerprint density at radius 2 is 2.15 bits per heavy atom. The fraction of sp³-hybridized carbons (Fsp3) is 0.300. The summed E-state index contributed by atoms with van der Waals surface area (Å²) in [6.45, 7) is 0.873. The summed E-state index contributed by atoms with van der Waals surface area (Å²) in [5.74, 6) is 0. The molecular weight excluding hydrogens is 164 g/mol. The Morgan fingerprint density at radius 3 is 2.85 bits per heavy atom. The van der Waals surface area contributed by atoms with E-state index in [0.29, 0.717) is 0 Å². The first-order chi connectivity index (χ1) is 6.42. The molecular formula is C10H12N2O. The number of hydrazine groups is 1. The van der Waals surface area contributed by atoms with E-state index in [1.165, 1.54) is 0 Å². The predicted octanol–water partition coefficient (Wildman–Crippen LogP) is 0.969. The van der Waals surface area contributed by atoms with Crippen molar-refractivity contribution in [2.75, 3.05) is 11.6 Å². The molecule has 1 atom stereocenters. The van der Waals surface area contributed by atoms with Crippen LogP contribution < -0.4 is 10.4 Å². The van der Waals surface area contributed by atoms with E-state index >= 15 is 0 Å². The largest absolute Gasteiger partial charge is 0.301 e. The molecule has 1 fully saturated rings. The van der Waals surface area contributed by atoms with E-state index in [1.54, 1.807) is 0 Å².